The van der Waals surface area contributed by atoms with Crippen LogP contribution >= 0.6 is 0 Å². The summed E-state index contributed by atoms with van der Waals surface area (Å²) in [6, 6.07) is 2.86. The summed E-state index contributed by atoms with van der Waals surface area (Å²) in [6.45, 7) is 0.144. The second-order valence-corrected chi connectivity index (χ2v) is 5.67. The van der Waals surface area contributed by atoms with Crippen LogP contribution in [0.15, 0.2) is 17.0 Å². The van der Waals surface area contributed by atoms with Gasteiger partial charge in [0.05, 0.1) is 19.1 Å². The normalized spacial score (nSPS) is 11.7. The average Bonchev–Trinajstić information content (AvgIpc) is 2.35. The molecular formula is C11H19N3O4S. The molecule has 0 radical (unpaired) electrons. The van der Waals surface area contributed by atoms with Gasteiger partial charge in [-0.2, -0.15) is 0 Å². The summed E-state index contributed by atoms with van der Waals surface area (Å²) in [4.78, 5) is 2.41. The van der Waals surface area contributed by atoms with Crippen LogP contribution in [0.3, 0.4) is 0 Å². The Hall–Kier alpha value is -1.35. The van der Waals surface area contributed by atoms with Gasteiger partial charge in [0, 0.05) is 32.3 Å². The Labute approximate surface area is 113 Å². The van der Waals surface area contributed by atoms with Crippen LogP contribution in [0.2, 0.25) is 0 Å². The molecule has 0 saturated heterocycles. The minimum atomic E-state index is -3.66. The summed E-state index contributed by atoms with van der Waals surface area (Å²) in [5.41, 5.74) is 6.16. The maximum atomic E-state index is 12.1. The molecule has 0 aromatic heterocycles. The molecular weight excluding hydrogens is 270 g/mol. The van der Waals surface area contributed by atoms with Gasteiger partial charge >= 0.3 is 0 Å². The van der Waals surface area contributed by atoms with Crippen molar-refractivity contribution in [2.24, 2.45) is 5.73 Å². The largest absolute Gasteiger partial charge is 0.493 e. The average molecular weight is 289 g/mol. The van der Waals surface area contributed by atoms with Crippen LogP contribution in [0.25, 0.3) is 0 Å². The number of nitrogens with one attached hydrogen (secondary N) is 1. The number of hydrazine groups is 1. The smallest absolute Gasteiger partial charge is 0.253 e. The summed E-state index contributed by atoms with van der Waals surface area (Å²) < 4.78 is 34.5. The lowest BCUT2D eigenvalue weighted by molar-refractivity contribution is 0.349. The minimum absolute atomic E-state index is 0.0688. The fraction of sp³-hybridized carbons (Fsp3) is 0.455. The minimum Gasteiger partial charge on any atom is -0.493 e. The molecule has 0 saturated carbocycles. The van der Waals surface area contributed by atoms with E-state index in [-0.39, 0.29) is 11.4 Å². The zero-order valence-corrected chi connectivity index (χ0v) is 12.2. The number of nitrogens with two attached hydrogens (primary N) is 1. The molecule has 0 heterocycles. The summed E-state index contributed by atoms with van der Waals surface area (Å²) in [6.07, 6.45) is 0. The molecule has 7 nitrogen and oxygen atoms in total. The number of rotatable bonds is 6. The van der Waals surface area contributed by atoms with Crippen molar-refractivity contribution < 1.29 is 17.9 Å². The third-order valence-electron chi connectivity index (χ3n) is 2.36. The van der Waals surface area contributed by atoms with Crippen LogP contribution < -0.4 is 20.0 Å². The molecule has 0 aliphatic carbocycles. The third kappa shape index (κ3) is 3.57. The Bertz CT molecular complexity index is 518. The number of ether oxygens (including phenoxy) is 2. The number of sulfonamides is 1. The maximum Gasteiger partial charge on any atom is 0.253 e. The second kappa shape index (κ2) is 6.20. The van der Waals surface area contributed by atoms with Gasteiger partial charge in [0.1, 0.15) is 0 Å². The third-order valence-corrected chi connectivity index (χ3v) is 3.82. The predicted octanol–water partition coefficient (Wildman–Crippen LogP) is -0.0826. The van der Waals surface area contributed by atoms with Gasteiger partial charge in [0.15, 0.2) is 11.5 Å². The van der Waals surface area contributed by atoms with Gasteiger partial charge in [-0.05, 0) is 6.07 Å². The first-order valence-electron chi connectivity index (χ1n) is 5.50. The highest BCUT2D eigenvalue weighted by atomic mass is 32.2. The molecule has 1 aromatic carbocycles. The van der Waals surface area contributed by atoms with Gasteiger partial charge in [-0.25, -0.2) is 13.4 Å². The molecule has 0 amide bonds. The highest BCUT2D eigenvalue weighted by molar-refractivity contribution is 7.89. The van der Waals surface area contributed by atoms with Crippen molar-refractivity contribution in [3.05, 3.63) is 17.7 Å². The number of benzene rings is 1. The van der Waals surface area contributed by atoms with Crippen LogP contribution in [0.1, 0.15) is 5.56 Å². The molecule has 1 rings (SSSR count). The van der Waals surface area contributed by atoms with E-state index < -0.39 is 10.0 Å². The van der Waals surface area contributed by atoms with E-state index >= 15 is 0 Å². The maximum absolute atomic E-state index is 12.1. The van der Waals surface area contributed by atoms with Crippen LogP contribution in [-0.4, -0.2) is 41.7 Å². The Morgan fingerprint density at radius 3 is 2.32 bits per heavy atom. The lowest BCUT2D eigenvalue weighted by atomic mass is 10.2. The first-order valence-corrected chi connectivity index (χ1v) is 6.98. The molecule has 0 spiro atoms. The van der Waals surface area contributed by atoms with Crippen molar-refractivity contribution in [3.8, 4) is 11.5 Å². The summed E-state index contributed by atoms with van der Waals surface area (Å²) in [5.74, 6) is 0.762. The fourth-order valence-electron chi connectivity index (χ4n) is 1.62. The van der Waals surface area contributed by atoms with Crippen LogP contribution in [0.4, 0.5) is 0 Å². The van der Waals surface area contributed by atoms with Crippen molar-refractivity contribution in [3.63, 3.8) is 0 Å². The standard InChI is InChI=1S/C11H19N3O4S/c1-14(2)13-19(15,16)9-5-8(7-12)11(18-4)10(6-9)17-3/h5-6,13H,7,12H2,1-4H3. The van der Waals surface area contributed by atoms with Crippen molar-refractivity contribution >= 4 is 10.0 Å². The number of nitrogens with zero attached hydrogens (tertiary/aromatic N) is 1. The Balaban J connectivity index is 3.38. The van der Waals surface area contributed by atoms with Crippen molar-refractivity contribution in [1.82, 2.24) is 9.84 Å². The lowest BCUT2D eigenvalue weighted by Crippen LogP contribution is -2.36. The van der Waals surface area contributed by atoms with Crippen LogP contribution in [-0.2, 0) is 16.6 Å². The molecule has 0 unspecified atom stereocenters. The lowest BCUT2D eigenvalue weighted by Gasteiger charge is -2.16. The molecule has 8 heteroatoms. The number of hydrogen-bond acceptors (Lipinski definition) is 6. The quantitative estimate of drug-likeness (QED) is 0.711. The first kappa shape index (κ1) is 15.7. The topological polar surface area (TPSA) is 93.9 Å². The second-order valence-electron chi connectivity index (χ2n) is 4.01. The van der Waals surface area contributed by atoms with Gasteiger partial charge in [0.25, 0.3) is 10.0 Å². The molecule has 108 valence electrons. The first-order chi connectivity index (χ1) is 8.85. The molecule has 1 aromatic rings. The van der Waals surface area contributed by atoms with Crippen molar-refractivity contribution in [1.29, 1.82) is 0 Å². The van der Waals surface area contributed by atoms with E-state index in [0.717, 1.165) is 0 Å². The Morgan fingerprint density at radius 1 is 1.26 bits per heavy atom. The van der Waals surface area contributed by atoms with E-state index in [4.69, 9.17) is 15.2 Å². The Kier molecular flexibility index (Phi) is 5.12. The molecule has 0 atom stereocenters. The Morgan fingerprint density at radius 2 is 1.89 bits per heavy atom. The van der Waals surface area contributed by atoms with E-state index in [1.807, 2.05) is 0 Å². The zero-order valence-electron chi connectivity index (χ0n) is 11.4. The van der Waals surface area contributed by atoms with Gasteiger partial charge < -0.3 is 15.2 Å². The summed E-state index contributed by atoms with van der Waals surface area (Å²) >= 11 is 0. The van der Waals surface area contributed by atoms with E-state index in [1.54, 1.807) is 14.1 Å². The molecule has 3 N–H and O–H groups in total. The van der Waals surface area contributed by atoms with Gasteiger partial charge in [-0.15, -0.1) is 4.83 Å². The molecule has 0 fully saturated rings. The van der Waals surface area contributed by atoms with E-state index in [0.29, 0.717) is 17.1 Å². The highest BCUT2D eigenvalue weighted by Gasteiger charge is 2.20. The molecule has 19 heavy (non-hydrogen) atoms. The van der Waals surface area contributed by atoms with E-state index in [2.05, 4.69) is 4.83 Å². The zero-order chi connectivity index (χ0) is 14.6. The monoisotopic (exact) mass is 289 g/mol. The summed E-state index contributed by atoms with van der Waals surface area (Å²) in [5, 5.41) is 1.34. The van der Waals surface area contributed by atoms with E-state index in [9.17, 15) is 8.42 Å². The van der Waals surface area contributed by atoms with Crippen molar-refractivity contribution in [2.45, 2.75) is 11.4 Å². The number of hydrogen-bond donors (Lipinski definition) is 2. The fourth-order valence-corrected chi connectivity index (χ4v) is 2.76. The van der Waals surface area contributed by atoms with Gasteiger partial charge in [-0.3, -0.25) is 0 Å². The summed E-state index contributed by atoms with van der Waals surface area (Å²) in [7, 11) is 2.42. The van der Waals surface area contributed by atoms with Gasteiger partial charge in [-0.1, -0.05) is 0 Å². The highest BCUT2D eigenvalue weighted by Crippen LogP contribution is 2.33. The molecule has 0 bridgehead atoms. The molecule has 0 aliphatic heterocycles. The van der Waals surface area contributed by atoms with Crippen molar-refractivity contribution in [2.75, 3.05) is 28.3 Å². The molecule has 0 aliphatic rings. The van der Waals surface area contributed by atoms with Crippen LogP contribution in [0.5, 0.6) is 11.5 Å². The van der Waals surface area contributed by atoms with Gasteiger partial charge in [0.2, 0.25) is 0 Å². The SMILES string of the molecule is COc1cc(S(=O)(=O)NN(C)C)cc(CN)c1OC. The predicted molar refractivity (Wildman–Crippen MR) is 71.4 cm³/mol. The van der Waals surface area contributed by atoms with Crippen LogP contribution in [0, 0.1) is 0 Å². The van der Waals surface area contributed by atoms with E-state index in [1.165, 1.54) is 31.4 Å². The number of methoxy groups -OCH3 is 2.